The minimum absolute atomic E-state index is 0.449. The molecule has 102 valence electrons. The molecule has 0 amide bonds. The van der Waals surface area contributed by atoms with Crippen LogP contribution >= 0.6 is 0 Å². The normalized spacial score (nSPS) is 24.2. The predicted molar refractivity (Wildman–Crippen MR) is 73.1 cm³/mol. The zero-order valence-electron chi connectivity index (χ0n) is 11.8. The number of methoxy groups -OCH3 is 1. The van der Waals surface area contributed by atoms with Crippen molar-refractivity contribution in [2.75, 3.05) is 33.3 Å². The van der Waals surface area contributed by atoms with E-state index in [4.69, 9.17) is 10.5 Å². The third-order valence-corrected chi connectivity index (χ3v) is 3.79. The second-order valence-electron chi connectivity index (χ2n) is 5.82. The van der Waals surface area contributed by atoms with Gasteiger partial charge in [0, 0.05) is 13.7 Å². The molecule has 1 aliphatic heterocycles. The molecule has 0 aromatic heterocycles. The van der Waals surface area contributed by atoms with Crippen LogP contribution in [0.1, 0.15) is 39.5 Å². The first-order valence-electron chi connectivity index (χ1n) is 7.11. The summed E-state index contributed by atoms with van der Waals surface area (Å²) in [4.78, 5) is 2.54. The molecule has 2 N–H and O–H groups in total. The fourth-order valence-corrected chi connectivity index (χ4v) is 2.77. The molecule has 1 aliphatic rings. The Labute approximate surface area is 107 Å². The van der Waals surface area contributed by atoms with Gasteiger partial charge < -0.3 is 15.4 Å². The summed E-state index contributed by atoms with van der Waals surface area (Å²) in [6, 6.07) is 0. The fraction of sp³-hybridized carbons (Fsp3) is 1.00. The summed E-state index contributed by atoms with van der Waals surface area (Å²) in [5.41, 5.74) is 5.85. The summed E-state index contributed by atoms with van der Waals surface area (Å²) in [7, 11) is 1.83. The van der Waals surface area contributed by atoms with Gasteiger partial charge in [0.05, 0.1) is 6.10 Å². The van der Waals surface area contributed by atoms with E-state index in [1.54, 1.807) is 0 Å². The van der Waals surface area contributed by atoms with Gasteiger partial charge in [-0.15, -0.1) is 0 Å². The molecule has 17 heavy (non-hydrogen) atoms. The number of rotatable bonds is 7. The molecule has 3 nitrogen and oxygen atoms in total. The highest BCUT2D eigenvalue weighted by Gasteiger charge is 2.20. The molecule has 0 spiro atoms. The molecule has 0 radical (unpaired) electrons. The average molecular weight is 242 g/mol. The number of nitrogens with two attached hydrogens (primary N) is 1. The van der Waals surface area contributed by atoms with Crippen LogP contribution in [0.4, 0.5) is 0 Å². The van der Waals surface area contributed by atoms with Gasteiger partial charge in [-0.1, -0.05) is 13.8 Å². The Morgan fingerprint density at radius 1 is 1.41 bits per heavy atom. The molecule has 0 bridgehead atoms. The van der Waals surface area contributed by atoms with Crippen LogP contribution in [0.25, 0.3) is 0 Å². The third kappa shape index (κ3) is 5.84. The quantitative estimate of drug-likeness (QED) is 0.743. The van der Waals surface area contributed by atoms with Gasteiger partial charge in [0.2, 0.25) is 0 Å². The fourth-order valence-electron chi connectivity index (χ4n) is 2.77. The van der Waals surface area contributed by atoms with Gasteiger partial charge >= 0.3 is 0 Å². The molecule has 1 saturated heterocycles. The Balaban J connectivity index is 2.23. The van der Waals surface area contributed by atoms with Crippen molar-refractivity contribution in [2.24, 2.45) is 17.6 Å². The molecule has 2 unspecified atom stereocenters. The van der Waals surface area contributed by atoms with E-state index in [-0.39, 0.29) is 0 Å². The van der Waals surface area contributed by atoms with E-state index in [2.05, 4.69) is 18.7 Å². The summed E-state index contributed by atoms with van der Waals surface area (Å²) >= 11 is 0. The van der Waals surface area contributed by atoms with Crippen LogP contribution < -0.4 is 5.73 Å². The number of likely N-dealkylation sites (tertiary alicyclic amines) is 1. The van der Waals surface area contributed by atoms with E-state index in [1.807, 2.05) is 7.11 Å². The van der Waals surface area contributed by atoms with Crippen molar-refractivity contribution in [3.8, 4) is 0 Å². The highest BCUT2D eigenvalue weighted by molar-refractivity contribution is 4.74. The number of hydrogen-bond donors (Lipinski definition) is 1. The second-order valence-corrected chi connectivity index (χ2v) is 5.82. The summed E-state index contributed by atoms with van der Waals surface area (Å²) in [5.74, 6) is 1.45. The van der Waals surface area contributed by atoms with Gasteiger partial charge in [0.25, 0.3) is 0 Å². The summed E-state index contributed by atoms with van der Waals surface area (Å²) in [5, 5.41) is 0. The Morgan fingerprint density at radius 3 is 2.76 bits per heavy atom. The molecule has 1 fully saturated rings. The first-order valence-corrected chi connectivity index (χ1v) is 7.11. The van der Waals surface area contributed by atoms with Crippen LogP contribution in [0.5, 0.6) is 0 Å². The number of ether oxygens (including phenoxy) is 1. The molecule has 0 saturated carbocycles. The maximum absolute atomic E-state index is 5.85. The molecule has 2 atom stereocenters. The zero-order chi connectivity index (χ0) is 12.7. The van der Waals surface area contributed by atoms with Crippen LogP contribution in [0.15, 0.2) is 0 Å². The standard InChI is InChI=1S/C14H30N2O/c1-12(2)9-13(10-15)6-8-16-7-4-5-14(11-16)17-3/h12-14H,4-11,15H2,1-3H3. The minimum atomic E-state index is 0.449. The van der Waals surface area contributed by atoms with Gasteiger partial charge in [-0.25, -0.2) is 0 Å². The van der Waals surface area contributed by atoms with Crippen LogP contribution in [-0.4, -0.2) is 44.3 Å². The van der Waals surface area contributed by atoms with Gasteiger partial charge in [0.15, 0.2) is 0 Å². The molecule has 0 aliphatic carbocycles. The maximum atomic E-state index is 5.85. The lowest BCUT2D eigenvalue weighted by Gasteiger charge is -2.32. The highest BCUT2D eigenvalue weighted by Crippen LogP contribution is 2.17. The average Bonchev–Trinajstić information content (AvgIpc) is 2.34. The van der Waals surface area contributed by atoms with Crippen molar-refractivity contribution in [2.45, 2.75) is 45.6 Å². The lowest BCUT2D eigenvalue weighted by Crippen LogP contribution is -2.40. The smallest absolute Gasteiger partial charge is 0.0698 e. The summed E-state index contributed by atoms with van der Waals surface area (Å²) in [6.07, 6.45) is 5.45. The number of nitrogens with zero attached hydrogens (tertiary/aromatic N) is 1. The van der Waals surface area contributed by atoms with Crippen molar-refractivity contribution in [3.05, 3.63) is 0 Å². The SMILES string of the molecule is COC1CCCN(CCC(CN)CC(C)C)C1. The molecular formula is C14H30N2O. The Hall–Kier alpha value is -0.120. The Morgan fingerprint density at radius 2 is 2.18 bits per heavy atom. The Bertz CT molecular complexity index is 197. The molecule has 3 heteroatoms. The molecule has 1 rings (SSSR count). The molecule has 0 aromatic rings. The van der Waals surface area contributed by atoms with Gasteiger partial charge in [-0.3, -0.25) is 0 Å². The summed E-state index contributed by atoms with van der Waals surface area (Å²) in [6.45, 7) is 8.93. The first-order chi connectivity index (χ1) is 8.15. The van der Waals surface area contributed by atoms with Crippen molar-refractivity contribution in [3.63, 3.8) is 0 Å². The van der Waals surface area contributed by atoms with Crippen LogP contribution in [0, 0.1) is 11.8 Å². The lowest BCUT2D eigenvalue weighted by molar-refractivity contribution is 0.0294. The van der Waals surface area contributed by atoms with Crippen LogP contribution in [0.2, 0.25) is 0 Å². The van der Waals surface area contributed by atoms with Gasteiger partial charge in [0.1, 0.15) is 0 Å². The predicted octanol–water partition coefficient (Wildman–Crippen LogP) is 2.11. The number of piperidine rings is 1. The largest absolute Gasteiger partial charge is 0.380 e. The molecule has 0 aromatic carbocycles. The van der Waals surface area contributed by atoms with E-state index in [0.29, 0.717) is 12.0 Å². The topological polar surface area (TPSA) is 38.5 Å². The van der Waals surface area contributed by atoms with E-state index < -0.39 is 0 Å². The second kappa shape index (κ2) is 8.06. The zero-order valence-corrected chi connectivity index (χ0v) is 11.8. The van der Waals surface area contributed by atoms with Crippen LogP contribution in [0.3, 0.4) is 0 Å². The van der Waals surface area contributed by atoms with Crippen molar-refractivity contribution in [1.82, 2.24) is 4.90 Å². The maximum Gasteiger partial charge on any atom is 0.0698 e. The lowest BCUT2D eigenvalue weighted by atomic mass is 9.94. The molecular weight excluding hydrogens is 212 g/mol. The monoisotopic (exact) mass is 242 g/mol. The first kappa shape index (κ1) is 14.9. The van der Waals surface area contributed by atoms with Crippen molar-refractivity contribution >= 4 is 0 Å². The molecule has 1 heterocycles. The van der Waals surface area contributed by atoms with Gasteiger partial charge in [-0.05, 0) is 57.2 Å². The van der Waals surface area contributed by atoms with Crippen LogP contribution in [-0.2, 0) is 4.74 Å². The van der Waals surface area contributed by atoms with Gasteiger partial charge in [-0.2, -0.15) is 0 Å². The van der Waals surface area contributed by atoms with E-state index in [0.717, 1.165) is 19.0 Å². The number of hydrogen-bond acceptors (Lipinski definition) is 3. The van der Waals surface area contributed by atoms with E-state index in [9.17, 15) is 0 Å². The summed E-state index contributed by atoms with van der Waals surface area (Å²) < 4.78 is 5.45. The third-order valence-electron chi connectivity index (χ3n) is 3.79. The van der Waals surface area contributed by atoms with E-state index in [1.165, 1.54) is 38.8 Å². The highest BCUT2D eigenvalue weighted by atomic mass is 16.5. The van der Waals surface area contributed by atoms with Crippen molar-refractivity contribution < 1.29 is 4.74 Å². The minimum Gasteiger partial charge on any atom is -0.380 e. The van der Waals surface area contributed by atoms with Crippen molar-refractivity contribution in [1.29, 1.82) is 0 Å². The Kier molecular flexibility index (Phi) is 7.09. The van der Waals surface area contributed by atoms with E-state index >= 15 is 0 Å².